The quantitative estimate of drug-likeness (QED) is 0.787. The zero-order valence-corrected chi connectivity index (χ0v) is 11.2. The third-order valence-electron chi connectivity index (χ3n) is 3.89. The Morgan fingerprint density at radius 2 is 1.67 bits per heavy atom. The summed E-state index contributed by atoms with van der Waals surface area (Å²) in [6.45, 7) is 0. The van der Waals surface area contributed by atoms with Gasteiger partial charge in [0.1, 0.15) is 5.75 Å². The van der Waals surface area contributed by atoms with Crippen LogP contribution in [0.25, 0.3) is 0 Å². The number of hydrogen-bond donors (Lipinski definition) is 0. The molecular weight excluding hydrogens is 250 g/mol. The SMILES string of the molecule is COc1ccc(S(=O)(=O)N2C3CCCCC32)cc1. The van der Waals surface area contributed by atoms with Crippen LogP contribution in [0.3, 0.4) is 0 Å². The Balaban J connectivity index is 1.86. The summed E-state index contributed by atoms with van der Waals surface area (Å²) in [5, 5.41) is 0. The van der Waals surface area contributed by atoms with Gasteiger partial charge in [0.25, 0.3) is 0 Å². The molecule has 1 heterocycles. The van der Waals surface area contributed by atoms with Crippen LogP contribution in [0.15, 0.2) is 29.2 Å². The van der Waals surface area contributed by atoms with E-state index in [1.807, 2.05) is 0 Å². The second-order valence-electron chi connectivity index (χ2n) is 4.93. The molecule has 0 amide bonds. The smallest absolute Gasteiger partial charge is 0.243 e. The van der Waals surface area contributed by atoms with Crippen molar-refractivity contribution >= 4 is 10.0 Å². The fourth-order valence-electron chi connectivity index (χ4n) is 2.88. The minimum Gasteiger partial charge on any atom is -0.497 e. The fourth-order valence-corrected chi connectivity index (χ4v) is 4.76. The second kappa shape index (κ2) is 4.24. The normalized spacial score (nSPS) is 30.6. The van der Waals surface area contributed by atoms with Crippen molar-refractivity contribution in [2.75, 3.05) is 7.11 Å². The van der Waals surface area contributed by atoms with Crippen molar-refractivity contribution in [3.63, 3.8) is 0 Å². The van der Waals surface area contributed by atoms with Gasteiger partial charge in [-0.15, -0.1) is 0 Å². The molecule has 0 bridgehead atoms. The molecule has 2 atom stereocenters. The number of ether oxygens (including phenoxy) is 1. The Hall–Kier alpha value is -1.07. The molecule has 0 radical (unpaired) electrons. The van der Waals surface area contributed by atoms with Crippen molar-refractivity contribution in [3.8, 4) is 5.75 Å². The Morgan fingerprint density at radius 1 is 1.11 bits per heavy atom. The zero-order chi connectivity index (χ0) is 12.8. The number of rotatable bonds is 3. The first-order valence-electron chi connectivity index (χ1n) is 6.32. The summed E-state index contributed by atoms with van der Waals surface area (Å²) < 4.78 is 31.6. The Kier molecular flexibility index (Phi) is 2.83. The van der Waals surface area contributed by atoms with Crippen molar-refractivity contribution in [2.45, 2.75) is 42.7 Å². The first-order valence-corrected chi connectivity index (χ1v) is 7.76. The molecule has 0 aromatic heterocycles. The molecule has 2 unspecified atom stereocenters. The highest BCUT2D eigenvalue weighted by atomic mass is 32.2. The molecule has 1 aliphatic carbocycles. The van der Waals surface area contributed by atoms with Crippen LogP contribution in [0.4, 0.5) is 0 Å². The number of nitrogens with zero attached hydrogens (tertiary/aromatic N) is 1. The van der Waals surface area contributed by atoms with E-state index in [4.69, 9.17) is 4.74 Å². The molecule has 5 heteroatoms. The van der Waals surface area contributed by atoms with E-state index in [1.165, 1.54) is 0 Å². The van der Waals surface area contributed by atoms with Gasteiger partial charge in [0, 0.05) is 12.1 Å². The molecule has 98 valence electrons. The molecule has 0 spiro atoms. The minimum atomic E-state index is -3.30. The van der Waals surface area contributed by atoms with E-state index < -0.39 is 10.0 Å². The van der Waals surface area contributed by atoms with E-state index in [2.05, 4.69) is 0 Å². The first-order chi connectivity index (χ1) is 8.64. The lowest BCUT2D eigenvalue weighted by atomic mass is 10.0. The van der Waals surface area contributed by atoms with E-state index in [1.54, 1.807) is 35.7 Å². The third kappa shape index (κ3) is 1.82. The molecule has 3 rings (SSSR count). The van der Waals surface area contributed by atoms with Gasteiger partial charge in [0.15, 0.2) is 0 Å². The standard InChI is InChI=1S/C13H17NO3S/c1-17-10-6-8-11(9-7-10)18(15,16)14-12-4-2-3-5-13(12)14/h6-9,12-13H,2-5H2,1H3. The van der Waals surface area contributed by atoms with E-state index in [0.29, 0.717) is 10.6 Å². The summed E-state index contributed by atoms with van der Waals surface area (Å²) in [5.41, 5.74) is 0. The lowest BCUT2D eigenvalue weighted by molar-refractivity contribution is 0.414. The lowest BCUT2D eigenvalue weighted by Gasteiger charge is -2.07. The zero-order valence-electron chi connectivity index (χ0n) is 10.4. The largest absolute Gasteiger partial charge is 0.497 e. The summed E-state index contributed by atoms with van der Waals surface area (Å²) >= 11 is 0. The van der Waals surface area contributed by atoms with E-state index in [0.717, 1.165) is 25.7 Å². The molecule has 0 N–H and O–H groups in total. The molecule has 18 heavy (non-hydrogen) atoms. The molecule has 2 fully saturated rings. The molecule has 1 aromatic rings. The molecule has 1 aromatic carbocycles. The van der Waals surface area contributed by atoms with Crippen molar-refractivity contribution in [2.24, 2.45) is 0 Å². The summed E-state index contributed by atoms with van der Waals surface area (Å²) in [7, 11) is -1.72. The number of sulfonamides is 1. The second-order valence-corrected chi connectivity index (χ2v) is 6.77. The Labute approximate surface area is 108 Å². The van der Waals surface area contributed by atoms with Crippen molar-refractivity contribution in [1.29, 1.82) is 0 Å². The summed E-state index contributed by atoms with van der Waals surface area (Å²) in [4.78, 5) is 0.373. The summed E-state index contributed by atoms with van der Waals surface area (Å²) in [6, 6.07) is 7.15. The number of fused-ring (bicyclic) bond motifs is 1. The number of hydrogen-bond acceptors (Lipinski definition) is 3. The average molecular weight is 267 g/mol. The van der Waals surface area contributed by atoms with Gasteiger partial charge in [0.05, 0.1) is 12.0 Å². The van der Waals surface area contributed by atoms with Gasteiger partial charge in [-0.1, -0.05) is 12.8 Å². The van der Waals surface area contributed by atoms with Gasteiger partial charge < -0.3 is 4.74 Å². The van der Waals surface area contributed by atoms with Gasteiger partial charge in [-0.25, -0.2) is 8.42 Å². The van der Waals surface area contributed by atoms with E-state index >= 15 is 0 Å². The fraction of sp³-hybridized carbons (Fsp3) is 0.538. The molecule has 1 saturated carbocycles. The molecule has 1 saturated heterocycles. The van der Waals surface area contributed by atoms with Crippen LogP contribution < -0.4 is 4.74 Å². The van der Waals surface area contributed by atoms with Crippen LogP contribution in [0.2, 0.25) is 0 Å². The predicted molar refractivity (Wildman–Crippen MR) is 68.1 cm³/mol. The summed E-state index contributed by atoms with van der Waals surface area (Å²) in [6.07, 6.45) is 4.33. The maximum absolute atomic E-state index is 12.4. The van der Waals surface area contributed by atoms with Crippen molar-refractivity contribution in [1.82, 2.24) is 4.31 Å². The van der Waals surface area contributed by atoms with Crippen LogP contribution >= 0.6 is 0 Å². The predicted octanol–water partition coefficient (Wildman–Crippen LogP) is 2.01. The highest BCUT2D eigenvalue weighted by Gasteiger charge is 2.55. The highest BCUT2D eigenvalue weighted by molar-refractivity contribution is 7.89. The molecular formula is C13H17NO3S. The molecule has 2 aliphatic rings. The Morgan fingerprint density at radius 3 is 2.17 bits per heavy atom. The molecule has 1 aliphatic heterocycles. The Bertz CT molecular complexity index is 526. The van der Waals surface area contributed by atoms with Gasteiger partial charge in [0.2, 0.25) is 10.0 Å². The van der Waals surface area contributed by atoms with Crippen molar-refractivity contribution in [3.05, 3.63) is 24.3 Å². The molecule has 4 nitrogen and oxygen atoms in total. The maximum Gasteiger partial charge on any atom is 0.243 e. The topological polar surface area (TPSA) is 46.4 Å². The van der Waals surface area contributed by atoms with Crippen molar-refractivity contribution < 1.29 is 13.2 Å². The number of methoxy groups -OCH3 is 1. The van der Waals surface area contributed by atoms with Gasteiger partial charge in [-0.3, -0.25) is 0 Å². The lowest BCUT2D eigenvalue weighted by Crippen LogP contribution is -2.15. The van der Waals surface area contributed by atoms with Gasteiger partial charge >= 0.3 is 0 Å². The van der Waals surface area contributed by atoms with Crippen LogP contribution in [0.1, 0.15) is 25.7 Å². The van der Waals surface area contributed by atoms with Crippen LogP contribution in [0.5, 0.6) is 5.75 Å². The minimum absolute atomic E-state index is 0.255. The maximum atomic E-state index is 12.4. The first kappa shape index (κ1) is 12.0. The van der Waals surface area contributed by atoms with Gasteiger partial charge in [-0.2, -0.15) is 4.31 Å². The highest BCUT2D eigenvalue weighted by Crippen LogP contribution is 2.44. The van der Waals surface area contributed by atoms with E-state index in [-0.39, 0.29) is 12.1 Å². The number of benzene rings is 1. The third-order valence-corrected chi connectivity index (χ3v) is 5.86. The van der Waals surface area contributed by atoms with E-state index in [9.17, 15) is 8.42 Å². The summed E-state index contributed by atoms with van der Waals surface area (Å²) in [5.74, 6) is 0.678. The van der Waals surface area contributed by atoms with Crippen LogP contribution in [-0.2, 0) is 10.0 Å². The van der Waals surface area contributed by atoms with Gasteiger partial charge in [-0.05, 0) is 37.1 Å². The van der Waals surface area contributed by atoms with Crippen LogP contribution in [0, 0.1) is 0 Å². The monoisotopic (exact) mass is 267 g/mol. The van der Waals surface area contributed by atoms with Crippen LogP contribution in [-0.4, -0.2) is 31.9 Å². The average Bonchev–Trinajstić information content (AvgIpc) is 3.14.